The zero-order chi connectivity index (χ0) is 14.4. The summed E-state index contributed by atoms with van der Waals surface area (Å²) < 4.78 is 10.9. The van der Waals surface area contributed by atoms with Crippen LogP contribution in [0.2, 0.25) is 0 Å². The molecule has 5 nitrogen and oxygen atoms in total. The Bertz CT molecular complexity index is 431. The van der Waals surface area contributed by atoms with Crippen molar-refractivity contribution in [3.05, 3.63) is 23.8 Å². The molecule has 0 amide bonds. The predicted octanol–water partition coefficient (Wildman–Crippen LogP) is 2.20. The van der Waals surface area contributed by atoms with Crippen LogP contribution >= 0.6 is 0 Å². The summed E-state index contributed by atoms with van der Waals surface area (Å²) in [6.07, 6.45) is -0.116. The summed E-state index contributed by atoms with van der Waals surface area (Å²) in [7, 11) is 1.55. The van der Waals surface area contributed by atoms with E-state index >= 15 is 0 Å². The highest BCUT2D eigenvalue weighted by atomic mass is 16.5. The number of hydrogen-bond donors (Lipinski definition) is 2. The highest BCUT2D eigenvalue weighted by molar-refractivity contribution is 5.68. The third-order valence-corrected chi connectivity index (χ3v) is 2.58. The molecule has 0 radical (unpaired) electrons. The van der Waals surface area contributed by atoms with E-state index in [1.165, 1.54) is 0 Å². The first kappa shape index (κ1) is 15.3. The fourth-order valence-electron chi connectivity index (χ4n) is 1.60. The smallest absolute Gasteiger partial charge is 0.305 e. The molecular formula is C14H21NO4. The van der Waals surface area contributed by atoms with Gasteiger partial charge in [-0.3, -0.25) is 4.79 Å². The minimum Gasteiger partial charge on any atom is -0.493 e. The lowest BCUT2D eigenvalue weighted by atomic mass is 10.0. The van der Waals surface area contributed by atoms with Gasteiger partial charge in [0.25, 0.3) is 0 Å². The Morgan fingerprint density at radius 2 is 2.05 bits per heavy atom. The molecule has 0 bridgehead atoms. The molecule has 19 heavy (non-hydrogen) atoms. The van der Waals surface area contributed by atoms with Gasteiger partial charge in [-0.15, -0.1) is 0 Å². The Labute approximate surface area is 113 Å². The van der Waals surface area contributed by atoms with Crippen LogP contribution in [-0.2, 0) is 4.79 Å². The van der Waals surface area contributed by atoms with Crippen LogP contribution < -0.4 is 15.2 Å². The largest absolute Gasteiger partial charge is 0.493 e. The molecule has 1 aromatic carbocycles. The molecular weight excluding hydrogens is 246 g/mol. The van der Waals surface area contributed by atoms with E-state index in [9.17, 15) is 4.79 Å². The molecule has 0 saturated heterocycles. The normalized spacial score (nSPS) is 12.3. The van der Waals surface area contributed by atoms with E-state index in [0.717, 1.165) is 5.56 Å². The number of carbonyl (C=O) groups is 1. The maximum atomic E-state index is 10.6. The second-order valence-corrected chi connectivity index (χ2v) is 4.82. The molecule has 0 aliphatic rings. The molecule has 106 valence electrons. The van der Waals surface area contributed by atoms with Gasteiger partial charge >= 0.3 is 5.97 Å². The van der Waals surface area contributed by atoms with Crippen LogP contribution in [0.5, 0.6) is 11.5 Å². The summed E-state index contributed by atoms with van der Waals surface area (Å²) >= 11 is 0. The summed E-state index contributed by atoms with van der Waals surface area (Å²) in [5, 5.41) is 8.74. The van der Waals surface area contributed by atoms with E-state index in [1.54, 1.807) is 25.3 Å². The quantitative estimate of drug-likeness (QED) is 0.791. The van der Waals surface area contributed by atoms with Crippen LogP contribution in [0.25, 0.3) is 0 Å². The summed E-state index contributed by atoms with van der Waals surface area (Å²) in [6, 6.07) is 4.71. The number of methoxy groups -OCH3 is 1. The van der Waals surface area contributed by atoms with Gasteiger partial charge in [-0.2, -0.15) is 0 Å². The summed E-state index contributed by atoms with van der Waals surface area (Å²) in [4.78, 5) is 10.6. The maximum absolute atomic E-state index is 10.6. The van der Waals surface area contributed by atoms with Gasteiger partial charge in [0, 0.05) is 6.04 Å². The third kappa shape index (κ3) is 4.79. The number of nitrogens with two attached hydrogens (primary N) is 1. The van der Waals surface area contributed by atoms with Gasteiger partial charge in [-0.25, -0.2) is 0 Å². The van der Waals surface area contributed by atoms with Gasteiger partial charge in [0.05, 0.1) is 20.1 Å². The SMILES string of the molecule is COc1cc([C@@H](N)CC(=O)O)ccc1OCC(C)C. The van der Waals surface area contributed by atoms with Crippen molar-refractivity contribution in [3.8, 4) is 11.5 Å². The van der Waals surface area contributed by atoms with Gasteiger partial charge in [0.2, 0.25) is 0 Å². The van der Waals surface area contributed by atoms with Crippen molar-refractivity contribution in [2.45, 2.75) is 26.3 Å². The number of carboxylic acids is 1. The topological polar surface area (TPSA) is 81.8 Å². The monoisotopic (exact) mass is 267 g/mol. The van der Waals surface area contributed by atoms with E-state index in [1.807, 2.05) is 0 Å². The van der Waals surface area contributed by atoms with Crippen molar-refractivity contribution in [1.29, 1.82) is 0 Å². The van der Waals surface area contributed by atoms with Crippen molar-refractivity contribution >= 4 is 5.97 Å². The standard InChI is InChI=1S/C14H21NO4/c1-9(2)8-19-12-5-4-10(6-13(12)18-3)11(15)7-14(16)17/h4-6,9,11H,7-8,15H2,1-3H3,(H,16,17)/t11-/m0/s1. The molecule has 3 N–H and O–H groups in total. The van der Waals surface area contributed by atoms with Crippen molar-refractivity contribution in [2.24, 2.45) is 11.7 Å². The molecule has 0 saturated carbocycles. The average Bonchev–Trinajstić information content (AvgIpc) is 2.35. The van der Waals surface area contributed by atoms with Crippen LogP contribution in [0.3, 0.4) is 0 Å². The molecule has 0 unspecified atom stereocenters. The van der Waals surface area contributed by atoms with Gasteiger partial charge in [0.15, 0.2) is 11.5 Å². The van der Waals surface area contributed by atoms with Crippen molar-refractivity contribution in [1.82, 2.24) is 0 Å². The minimum atomic E-state index is -0.924. The van der Waals surface area contributed by atoms with Gasteiger partial charge in [0.1, 0.15) is 0 Å². The third-order valence-electron chi connectivity index (χ3n) is 2.58. The van der Waals surface area contributed by atoms with Crippen LogP contribution in [0.15, 0.2) is 18.2 Å². The summed E-state index contributed by atoms with van der Waals surface area (Å²) in [6.45, 7) is 4.71. The van der Waals surface area contributed by atoms with Crippen LogP contribution in [-0.4, -0.2) is 24.8 Å². The summed E-state index contributed by atoms with van der Waals surface area (Å²) in [5.74, 6) is 0.701. The van der Waals surface area contributed by atoms with Crippen LogP contribution in [0.1, 0.15) is 31.9 Å². The zero-order valence-corrected chi connectivity index (χ0v) is 11.6. The molecule has 0 spiro atoms. The predicted molar refractivity (Wildman–Crippen MR) is 72.5 cm³/mol. The highest BCUT2D eigenvalue weighted by Crippen LogP contribution is 2.30. The number of aliphatic carboxylic acids is 1. The molecule has 0 fully saturated rings. The number of benzene rings is 1. The van der Waals surface area contributed by atoms with Crippen LogP contribution in [0, 0.1) is 5.92 Å². The maximum Gasteiger partial charge on any atom is 0.305 e. The Kier molecular flexibility index (Phi) is 5.63. The van der Waals surface area contributed by atoms with E-state index < -0.39 is 12.0 Å². The molecule has 1 atom stereocenters. The van der Waals surface area contributed by atoms with E-state index in [-0.39, 0.29) is 6.42 Å². The summed E-state index contributed by atoms with van der Waals surface area (Å²) in [5.41, 5.74) is 6.53. The first-order chi connectivity index (χ1) is 8.93. The Morgan fingerprint density at radius 1 is 1.37 bits per heavy atom. The molecule has 0 aliphatic heterocycles. The lowest BCUT2D eigenvalue weighted by Gasteiger charge is -2.15. The highest BCUT2D eigenvalue weighted by Gasteiger charge is 2.14. The van der Waals surface area contributed by atoms with Gasteiger partial charge in [-0.1, -0.05) is 19.9 Å². The van der Waals surface area contributed by atoms with E-state index in [4.69, 9.17) is 20.3 Å². The van der Waals surface area contributed by atoms with Gasteiger partial charge in [-0.05, 0) is 23.6 Å². The number of hydrogen-bond acceptors (Lipinski definition) is 4. The molecule has 0 aliphatic carbocycles. The first-order valence-electron chi connectivity index (χ1n) is 6.22. The van der Waals surface area contributed by atoms with Crippen molar-refractivity contribution in [3.63, 3.8) is 0 Å². The number of rotatable bonds is 7. The second kappa shape index (κ2) is 6.99. The lowest BCUT2D eigenvalue weighted by Crippen LogP contribution is -2.15. The van der Waals surface area contributed by atoms with Crippen molar-refractivity contribution < 1.29 is 19.4 Å². The average molecular weight is 267 g/mol. The molecule has 0 aromatic heterocycles. The molecule has 5 heteroatoms. The fraction of sp³-hybridized carbons (Fsp3) is 0.500. The minimum absolute atomic E-state index is 0.116. The molecule has 1 aromatic rings. The van der Waals surface area contributed by atoms with Crippen molar-refractivity contribution in [2.75, 3.05) is 13.7 Å². The Morgan fingerprint density at radius 3 is 2.58 bits per heavy atom. The lowest BCUT2D eigenvalue weighted by molar-refractivity contribution is -0.137. The Balaban J connectivity index is 2.85. The van der Waals surface area contributed by atoms with E-state index in [0.29, 0.717) is 24.0 Å². The van der Waals surface area contributed by atoms with E-state index in [2.05, 4.69) is 13.8 Å². The molecule has 1 rings (SSSR count). The first-order valence-corrected chi connectivity index (χ1v) is 6.22. The zero-order valence-electron chi connectivity index (χ0n) is 11.6. The number of ether oxygens (including phenoxy) is 2. The second-order valence-electron chi connectivity index (χ2n) is 4.82. The Hall–Kier alpha value is -1.75. The van der Waals surface area contributed by atoms with Crippen LogP contribution in [0.4, 0.5) is 0 Å². The fourth-order valence-corrected chi connectivity index (χ4v) is 1.60. The number of carboxylic acid groups (broad SMARTS) is 1. The van der Waals surface area contributed by atoms with Gasteiger partial charge < -0.3 is 20.3 Å². The molecule has 0 heterocycles.